The fourth-order valence-corrected chi connectivity index (χ4v) is 3.09. The van der Waals surface area contributed by atoms with Gasteiger partial charge in [0.15, 0.2) is 0 Å². The predicted molar refractivity (Wildman–Crippen MR) is 105 cm³/mol. The molecule has 0 aromatic heterocycles. The van der Waals surface area contributed by atoms with Crippen molar-refractivity contribution in [1.29, 1.82) is 0 Å². The topological polar surface area (TPSA) is 35.6 Å². The summed E-state index contributed by atoms with van der Waals surface area (Å²) in [5, 5.41) is 2.27. The lowest BCUT2D eigenvalue weighted by molar-refractivity contribution is -0.136. The summed E-state index contributed by atoms with van der Waals surface area (Å²) in [5.41, 5.74) is -0.314. The summed E-state index contributed by atoms with van der Waals surface area (Å²) in [6.07, 6.45) is -2.20. The molecule has 0 radical (unpaired) electrons. The van der Waals surface area contributed by atoms with Crippen LogP contribution in [0, 0.1) is 5.82 Å². The Labute approximate surface area is 166 Å². The third-order valence-electron chi connectivity index (χ3n) is 4.71. The van der Waals surface area contributed by atoms with E-state index in [0.29, 0.717) is 24.3 Å². The molecular formula is C21H21F4N3O. The average Bonchev–Trinajstić information content (AvgIpc) is 2.67. The number of hydrogen-bond donors (Lipinski definition) is 1. The van der Waals surface area contributed by atoms with Gasteiger partial charge in [0, 0.05) is 37.9 Å². The van der Waals surface area contributed by atoms with E-state index in [1.165, 1.54) is 30.3 Å². The Bertz CT molecular complexity index is 903. The Morgan fingerprint density at radius 1 is 1.07 bits per heavy atom. The van der Waals surface area contributed by atoms with Crippen LogP contribution in [0.3, 0.4) is 0 Å². The second-order valence-corrected chi connectivity index (χ2v) is 6.90. The van der Waals surface area contributed by atoms with E-state index in [9.17, 15) is 22.4 Å². The van der Waals surface area contributed by atoms with E-state index in [1.54, 1.807) is 12.1 Å². The predicted octanol–water partition coefficient (Wildman–Crippen LogP) is 4.25. The lowest BCUT2D eigenvalue weighted by Gasteiger charge is -2.34. The number of likely N-dealkylation sites (N-methyl/N-ethyl adjacent to an activating group) is 1. The van der Waals surface area contributed by atoms with Crippen LogP contribution in [0.15, 0.2) is 48.5 Å². The van der Waals surface area contributed by atoms with Crippen molar-refractivity contribution in [2.75, 3.05) is 43.4 Å². The molecule has 29 heavy (non-hydrogen) atoms. The number of rotatable bonds is 4. The molecule has 3 rings (SSSR count). The number of hydrogen-bond acceptors (Lipinski definition) is 3. The number of nitrogens with zero attached hydrogens (tertiary/aromatic N) is 2. The summed E-state index contributed by atoms with van der Waals surface area (Å²) >= 11 is 0. The summed E-state index contributed by atoms with van der Waals surface area (Å²) in [7, 11) is 1.97. The number of alkyl halides is 3. The first-order valence-corrected chi connectivity index (χ1v) is 9.12. The Balaban J connectivity index is 1.78. The molecule has 0 saturated carbocycles. The lowest BCUT2D eigenvalue weighted by Crippen LogP contribution is -2.44. The molecule has 1 aliphatic heterocycles. The quantitative estimate of drug-likeness (QED) is 0.608. The molecule has 0 atom stereocenters. The average molecular weight is 407 g/mol. The van der Waals surface area contributed by atoms with Crippen LogP contribution in [-0.4, -0.2) is 44.0 Å². The maximum atomic E-state index is 13.6. The molecule has 154 valence electrons. The first kappa shape index (κ1) is 20.9. The lowest BCUT2D eigenvalue weighted by atomic mass is 10.1. The van der Waals surface area contributed by atoms with Gasteiger partial charge in [-0.15, -0.1) is 0 Å². The van der Waals surface area contributed by atoms with Crippen LogP contribution in [0.4, 0.5) is 28.9 Å². The van der Waals surface area contributed by atoms with Crippen LogP contribution < -0.4 is 10.2 Å². The van der Waals surface area contributed by atoms with Crippen molar-refractivity contribution in [3.05, 3.63) is 65.5 Å². The van der Waals surface area contributed by atoms with Gasteiger partial charge in [-0.2, -0.15) is 13.2 Å². The van der Waals surface area contributed by atoms with E-state index in [1.807, 2.05) is 11.9 Å². The van der Waals surface area contributed by atoms with Gasteiger partial charge in [0.25, 0.3) is 0 Å². The van der Waals surface area contributed by atoms with E-state index in [2.05, 4.69) is 10.2 Å². The van der Waals surface area contributed by atoms with Crippen molar-refractivity contribution >= 4 is 23.4 Å². The van der Waals surface area contributed by atoms with Gasteiger partial charge in [-0.3, -0.25) is 4.79 Å². The molecule has 1 amide bonds. The maximum Gasteiger partial charge on any atom is 0.418 e. The Morgan fingerprint density at radius 3 is 2.45 bits per heavy atom. The maximum absolute atomic E-state index is 13.6. The summed E-state index contributed by atoms with van der Waals surface area (Å²) in [6.45, 7) is 2.81. The van der Waals surface area contributed by atoms with Crippen LogP contribution in [-0.2, 0) is 11.0 Å². The highest BCUT2D eigenvalue weighted by Crippen LogP contribution is 2.37. The molecule has 1 aliphatic rings. The van der Waals surface area contributed by atoms with Crippen molar-refractivity contribution < 1.29 is 22.4 Å². The molecule has 4 nitrogen and oxygen atoms in total. The molecule has 0 bridgehead atoms. The van der Waals surface area contributed by atoms with Gasteiger partial charge in [-0.1, -0.05) is 12.1 Å². The minimum atomic E-state index is -4.61. The SMILES string of the molecule is CN1CCN(c2ccc(NC(=O)/C=C/c3cccc(F)c3)c(C(F)(F)F)c2)CC1. The van der Waals surface area contributed by atoms with Crippen molar-refractivity contribution in [2.45, 2.75) is 6.18 Å². The number of carbonyl (C=O) groups is 1. The molecule has 1 saturated heterocycles. The molecule has 2 aromatic carbocycles. The number of amides is 1. The zero-order valence-electron chi connectivity index (χ0n) is 15.8. The third-order valence-corrected chi connectivity index (χ3v) is 4.71. The van der Waals surface area contributed by atoms with Crippen LogP contribution in [0.5, 0.6) is 0 Å². The van der Waals surface area contributed by atoms with Crippen LogP contribution >= 0.6 is 0 Å². The van der Waals surface area contributed by atoms with Crippen LogP contribution in [0.2, 0.25) is 0 Å². The zero-order chi connectivity index (χ0) is 21.0. The number of piperazine rings is 1. The van der Waals surface area contributed by atoms with E-state index in [0.717, 1.165) is 25.2 Å². The van der Waals surface area contributed by atoms with Gasteiger partial charge < -0.3 is 15.1 Å². The molecule has 1 N–H and O–H groups in total. The van der Waals surface area contributed by atoms with Gasteiger partial charge in [0.05, 0.1) is 11.3 Å². The minimum absolute atomic E-state index is 0.315. The van der Waals surface area contributed by atoms with E-state index >= 15 is 0 Å². The van der Waals surface area contributed by atoms with Gasteiger partial charge in [-0.05, 0) is 49.0 Å². The number of anilines is 2. The highest BCUT2D eigenvalue weighted by atomic mass is 19.4. The van der Waals surface area contributed by atoms with E-state index in [4.69, 9.17) is 0 Å². The zero-order valence-corrected chi connectivity index (χ0v) is 15.8. The highest BCUT2D eigenvalue weighted by molar-refractivity contribution is 6.02. The number of halogens is 4. The molecule has 0 spiro atoms. The first-order chi connectivity index (χ1) is 13.7. The van der Waals surface area contributed by atoms with Gasteiger partial charge in [0.2, 0.25) is 5.91 Å². The molecule has 1 heterocycles. The Kier molecular flexibility index (Phi) is 6.22. The van der Waals surface area contributed by atoms with Gasteiger partial charge in [-0.25, -0.2) is 4.39 Å². The number of benzene rings is 2. The normalized spacial score (nSPS) is 15.7. The molecule has 0 unspecified atom stereocenters. The summed E-state index contributed by atoms with van der Waals surface area (Å²) in [6, 6.07) is 9.45. The smallest absolute Gasteiger partial charge is 0.369 e. The summed E-state index contributed by atoms with van der Waals surface area (Å²) in [5.74, 6) is -1.20. The first-order valence-electron chi connectivity index (χ1n) is 9.12. The van der Waals surface area contributed by atoms with Gasteiger partial charge in [0.1, 0.15) is 5.82 Å². The Hall–Kier alpha value is -2.87. The van der Waals surface area contributed by atoms with Crippen LogP contribution in [0.25, 0.3) is 6.08 Å². The number of nitrogens with one attached hydrogen (secondary N) is 1. The van der Waals surface area contributed by atoms with E-state index < -0.39 is 23.5 Å². The van der Waals surface area contributed by atoms with Crippen LogP contribution in [0.1, 0.15) is 11.1 Å². The monoisotopic (exact) mass is 407 g/mol. The molecule has 0 aliphatic carbocycles. The molecule has 2 aromatic rings. The molecule has 8 heteroatoms. The standard InChI is InChI=1S/C21H21F4N3O/c1-27-9-11-28(12-10-27)17-6-7-19(18(14-17)21(23,24)25)26-20(29)8-5-15-3-2-4-16(22)13-15/h2-8,13-14H,9-12H2,1H3,(H,26,29)/b8-5+. The van der Waals surface area contributed by atoms with E-state index in [-0.39, 0.29) is 5.69 Å². The van der Waals surface area contributed by atoms with Crippen molar-refractivity contribution in [3.8, 4) is 0 Å². The molecular weight excluding hydrogens is 386 g/mol. The third kappa shape index (κ3) is 5.57. The van der Waals surface area contributed by atoms with Crippen molar-refractivity contribution in [2.24, 2.45) is 0 Å². The number of carbonyl (C=O) groups excluding carboxylic acids is 1. The summed E-state index contributed by atoms with van der Waals surface area (Å²) in [4.78, 5) is 16.1. The largest absolute Gasteiger partial charge is 0.418 e. The van der Waals surface area contributed by atoms with Crippen molar-refractivity contribution in [1.82, 2.24) is 4.90 Å². The Morgan fingerprint density at radius 2 is 1.79 bits per heavy atom. The summed E-state index contributed by atoms with van der Waals surface area (Å²) < 4.78 is 53.9. The highest BCUT2D eigenvalue weighted by Gasteiger charge is 2.34. The van der Waals surface area contributed by atoms with Gasteiger partial charge >= 0.3 is 6.18 Å². The fraction of sp³-hybridized carbons (Fsp3) is 0.286. The second-order valence-electron chi connectivity index (χ2n) is 6.90. The fourth-order valence-electron chi connectivity index (χ4n) is 3.09. The minimum Gasteiger partial charge on any atom is -0.369 e. The van der Waals surface area contributed by atoms with Crippen molar-refractivity contribution in [3.63, 3.8) is 0 Å². The second kappa shape index (κ2) is 8.65. The molecule has 1 fully saturated rings.